The van der Waals surface area contributed by atoms with Crippen molar-refractivity contribution in [3.63, 3.8) is 0 Å². The number of hydrogen-bond donors (Lipinski definition) is 0. The van der Waals surface area contributed by atoms with Gasteiger partial charge in [0.15, 0.2) is 0 Å². The number of benzene rings is 2. The molecule has 1 aliphatic heterocycles. The molecule has 0 spiro atoms. The highest BCUT2D eigenvalue weighted by molar-refractivity contribution is 6.30. The van der Waals surface area contributed by atoms with E-state index in [0.29, 0.717) is 5.02 Å². The smallest absolute Gasteiger partial charge is 0.221 e. The van der Waals surface area contributed by atoms with Crippen molar-refractivity contribution in [1.82, 2.24) is 9.78 Å². The Morgan fingerprint density at radius 1 is 1.19 bits per heavy atom. The van der Waals surface area contributed by atoms with E-state index in [4.69, 9.17) is 21.4 Å². The van der Waals surface area contributed by atoms with Gasteiger partial charge in [-0.1, -0.05) is 48.5 Å². The predicted molar refractivity (Wildman–Crippen MR) is 110 cm³/mol. The fourth-order valence-corrected chi connectivity index (χ4v) is 3.88. The van der Waals surface area contributed by atoms with Gasteiger partial charge in [0.05, 0.1) is 11.4 Å². The maximum absolute atomic E-state index is 6.54. The molecule has 0 bridgehead atoms. The maximum atomic E-state index is 6.54. The van der Waals surface area contributed by atoms with Gasteiger partial charge in [-0.15, -0.1) is 0 Å². The minimum Gasteiger partial charge on any atom is -0.466 e. The SMILES string of the molecule is C=C(C)[C@@]1(C)C[C@H](c2ccccc2)c2c(C)nn(-c3ccc(Cl)cc3)c2O1. The van der Waals surface area contributed by atoms with Crippen LogP contribution in [0.4, 0.5) is 0 Å². The highest BCUT2D eigenvalue weighted by atomic mass is 35.5. The Kier molecular flexibility index (Phi) is 4.35. The van der Waals surface area contributed by atoms with Crippen LogP contribution in [0.5, 0.6) is 5.88 Å². The average Bonchev–Trinajstić information content (AvgIpc) is 2.98. The van der Waals surface area contributed by atoms with E-state index in [2.05, 4.69) is 37.8 Å². The molecule has 1 aromatic heterocycles. The Labute approximate surface area is 165 Å². The monoisotopic (exact) mass is 378 g/mol. The fraction of sp³-hybridized carbons (Fsp3) is 0.261. The second-order valence-electron chi connectivity index (χ2n) is 7.47. The highest BCUT2D eigenvalue weighted by Gasteiger charge is 2.42. The van der Waals surface area contributed by atoms with Crippen LogP contribution in [0, 0.1) is 6.92 Å². The predicted octanol–water partition coefficient (Wildman–Crippen LogP) is 6.08. The summed E-state index contributed by atoms with van der Waals surface area (Å²) in [5.41, 5.74) is 4.89. The number of fused-ring (bicyclic) bond motifs is 1. The van der Waals surface area contributed by atoms with Crippen molar-refractivity contribution in [1.29, 1.82) is 0 Å². The normalized spacial score (nSPS) is 21.4. The molecule has 0 radical (unpaired) electrons. The lowest BCUT2D eigenvalue weighted by Crippen LogP contribution is -2.39. The number of hydrogen-bond acceptors (Lipinski definition) is 2. The molecule has 3 nitrogen and oxygen atoms in total. The fourth-order valence-electron chi connectivity index (χ4n) is 3.75. The van der Waals surface area contributed by atoms with Gasteiger partial charge < -0.3 is 4.74 Å². The molecule has 2 aromatic carbocycles. The number of ether oxygens (including phenoxy) is 1. The van der Waals surface area contributed by atoms with Gasteiger partial charge in [0, 0.05) is 22.9 Å². The Bertz CT molecular complexity index is 991. The van der Waals surface area contributed by atoms with Crippen LogP contribution in [-0.2, 0) is 0 Å². The molecular formula is C23H23ClN2O. The molecule has 3 aromatic rings. The average molecular weight is 379 g/mol. The lowest BCUT2D eigenvalue weighted by atomic mass is 9.77. The van der Waals surface area contributed by atoms with E-state index < -0.39 is 5.60 Å². The topological polar surface area (TPSA) is 27.1 Å². The van der Waals surface area contributed by atoms with Crippen LogP contribution < -0.4 is 4.74 Å². The molecule has 0 saturated carbocycles. The third-order valence-electron chi connectivity index (χ3n) is 5.50. The van der Waals surface area contributed by atoms with Crippen LogP contribution in [0.3, 0.4) is 0 Å². The largest absolute Gasteiger partial charge is 0.466 e. The van der Waals surface area contributed by atoms with E-state index in [9.17, 15) is 0 Å². The van der Waals surface area contributed by atoms with Crippen LogP contribution in [-0.4, -0.2) is 15.4 Å². The number of nitrogens with zero attached hydrogens (tertiary/aromatic N) is 2. The third kappa shape index (κ3) is 3.06. The molecule has 0 saturated heterocycles. The van der Waals surface area contributed by atoms with Crippen LogP contribution in [0.1, 0.15) is 43.0 Å². The quantitative estimate of drug-likeness (QED) is 0.516. The molecule has 0 N–H and O–H groups in total. The van der Waals surface area contributed by atoms with Gasteiger partial charge in [0.25, 0.3) is 0 Å². The van der Waals surface area contributed by atoms with Crippen LogP contribution in [0.15, 0.2) is 66.7 Å². The van der Waals surface area contributed by atoms with Gasteiger partial charge in [-0.25, -0.2) is 4.68 Å². The van der Waals surface area contributed by atoms with E-state index in [1.807, 2.05) is 48.9 Å². The summed E-state index contributed by atoms with van der Waals surface area (Å²) in [6, 6.07) is 18.2. The van der Waals surface area contributed by atoms with Crippen molar-refractivity contribution in [3.8, 4) is 11.6 Å². The zero-order valence-electron chi connectivity index (χ0n) is 15.9. The molecule has 4 rings (SSSR count). The van der Waals surface area contributed by atoms with Gasteiger partial charge in [0.2, 0.25) is 5.88 Å². The summed E-state index contributed by atoms with van der Waals surface area (Å²) in [7, 11) is 0. The minimum absolute atomic E-state index is 0.206. The zero-order chi connectivity index (χ0) is 19.2. The van der Waals surface area contributed by atoms with Crippen molar-refractivity contribution in [3.05, 3.63) is 88.6 Å². The molecule has 138 valence electrons. The summed E-state index contributed by atoms with van der Waals surface area (Å²) < 4.78 is 8.42. The summed E-state index contributed by atoms with van der Waals surface area (Å²) in [6.07, 6.45) is 0.840. The number of rotatable bonds is 3. The van der Waals surface area contributed by atoms with Crippen molar-refractivity contribution in [2.24, 2.45) is 0 Å². The first-order valence-corrected chi connectivity index (χ1v) is 9.52. The molecule has 2 heterocycles. The molecule has 0 unspecified atom stereocenters. The first kappa shape index (κ1) is 17.9. The second kappa shape index (κ2) is 6.58. The van der Waals surface area contributed by atoms with Crippen LogP contribution in [0.2, 0.25) is 5.02 Å². The minimum atomic E-state index is -0.454. The lowest BCUT2D eigenvalue weighted by Gasteiger charge is -2.39. The van der Waals surface area contributed by atoms with E-state index in [-0.39, 0.29) is 5.92 Å². The maximum Gasteiger partial charge on any atom is 0.221 e. The van der Waals surface area contributed by atoms with Crippen LogP contribution >= 0.6 is 11.6 Å². The standard InChI is InChI=1S/C23H23ClN2O/c1-15(2)23(4)14-20(17-8-6-5-7-9-17)21-16(3)25-26(22(21)27-23)19-12-10-18(24)11-13-19/h5-13,20H,1,14H2,2-4H3/t20-,23-/m1/s1. The number of aromatic nitrogens is 2. The van der Waals surface area contributed by atoms with E-state index in [0.717, 1.165) is 34.8 Å². The molecule has 4 heteroatoms. The van der Waals surface area contributed by atoms with E-state index in [1.54, 1.807) is 0 Å². The first-order chi connectivity index (χ1) is 12.9. The van der Waals surface area contributed by atoms with Crippen molar-refractivity contribution in [2.75, 3.05) is 0 Å². The highest BCUT2D eigenvalue weighted by Crippen LogP contribution is 2.48. The molecular weight excluding hydrogens is 356 g/mol. The summed E-state index contributed by atoms with van der Waals surface area (Å²) in [5, 5.41) is 5.51. The van der Waals surface area contributed by atoms with Crippen LogP contribution in [0.25, 0.3) is 5.69 Å². The zero-order valence-corrected chi connectivity index (χ0v) is 16.6. The van der Waals surface area contributed by atoms with E-state index in [1.165, 1.54) is 5.56 Å². The molecule has 0 fully saturated rings. The van der Waals surface area contributed by atoms with Gasteiger partial charge >= 0.3 is 0 Å². The Morgan fingerprint density at radius 3 is 2.48 bits per heavy atom. The molecule has 27 heavy (non-hydrogen) atoms. The van der Waals surface area contributed by atoms with Gasteiger partial charge in [-0.3, -0.25) is 0 Å². The van der Waals surface area contributed by atoms with Gasteiger partial charge in [-0.2, -0.15) is 5.10 Å². The van der Waals surface area contributed by atoms with Crippen molar-refractivity contribution < 1.29 is 4.74 Å². The Morgan fingerprint density at radius 2 is 1.85 bits per heavy atom. The first-order valence-electron chi connectivity index (χ1n) is 9.14. The third-order valence-corrected chi connectivity index (χ3v) is 5.75. The van der Waals surface area contributed by atoms with Gasteiger partial charge in [0.1, 0.15) is 5.60 Å². The molecule has 1 aliphatic rings. The second-order valence-corrected chi connectivity index (χ2v) is 7.91. The summed E-state index contributed by atoms with van der Waals surface area (Å²) in [4.78, 5) is 0. The Balaban J connectivity index is 1.92. The molecule has 0 aliphatic carbocycles. The summed E-state index contributed by atoms with van der Waals surface area (Å²) >= 11 is 6.07. The van der Waals surface area contributed by atoms with E-state index >= 15 is 0 Å². The van der Waals surface area contributed by atoms with Crippen molar-refractivity contribution in [2.45, 2.75) is 38.7 Å². The Hall–Kier alpha value is -2.52. The molecule has 0 amide bonds. The molecule has 2 atom stereocenters. The van der Waals surface area contributed by atoms with Gasteiger partial charge in [-0.05, 0) is 56.2 Å². The van der Waals surface area contributed by atoms with Crippen molar-refractivity contribution >= 4 is 11.6 Å². The summed E-state index contributed by atoms with van der Waals surface area (Å²) in [5.74, 6) is 0.998. The number of aryl methyl sites for hydroxylation is 1. The number of halogens is 1. The summed E-state index contributed by atoms with van der Waals surface area (Å²) in [6.45, 7) is 10.4. The lowest BCUT2D eigenvalue weighted by molar-refractivity contribution is 0.0856.